The Bertz CT molecular complexity index is 230. The number of hydrogen-bond acceptors (Lipinski definition) is 4. The summed E-state index contributed by atoms with van der Waals surface area (Å²) in [5.74, 6) is 0.442. The van der Waals surface area contributed by atoms with E-state index in [1.807, 2.05) is 0 Å². The fourth-order valence-corrected chi connectivity index (χ4v) is 2.49. The molecule has 2 rings (SSSR count). The first kappa shape index (κ1) is 10.4. The van der Waals surface area contributed by atoms with Gasteiger partial charge < -0.3 is 20.1 Å². The average molecular weight is 202 g/mol. The molecule has 3 N–H and O–H groups in total. The molecular formula is C10H18O4. The van der Waals surface area contributed by atoms with Crippen molar-refractivity contribution in [2.75, 3.05) is 6.61 Å². The molecule has 1 saturated heterocycles. The summed E-state index contributed by atoms with van der Waals surface area (Å²) in [7, 11) is 0. The molecule has 1 saturated carbocycles. The van der Waals surface area contributed by atoms with E-state index in [9.17, 15) is 15.3 Å². The van der Waals surface area contributed by atoms with Crippen LogP contribution in [0.1, 0.15) is 20.3 Å². The Hall–Kier alpha value is -0.160. The Morgan fingerprint density at radius 3 is 2.64 bits per heavy atom. The second-order valence-corrected chi connectivity index (χ2v) is 4.89. The van der Waals surface area contributed by atoms with Crippen LogP contribution in [-0.4, -0.2) is 45.8 Å². The van der Waals surface area contributed by atoms with Crippen LogP contribution in [0.25, 0.3) is 0 Å². The predicted octanol–water partition coefficient (Wildman–Crippen LogP) is -0.486. The Morgan fingerprint density at radius 2 is 2.07 bits per heavy atom. The molecule has 4 heteroatoms. The Balaban J connectivity index is 2.05. The molecule has 14 heavy (non-hydrogen) atoms. The van der Waals surface area contributed by atoms with Gasteiger partial charge in [-0.2, -0.15) is 0 Å². The number of aliphatic hydroxyl groups excluding tert-OH is 2. The standard InChI is InChI=1S/C10H18O4/c1-5(2)3-6-9-10(6,13)8(12)7(11)4-14-9/h5-9,11-13H,3-4H2,1-2H3/t6?,7?,8?,9?,10-/m0/s1. The van der Waals surface area contributed by atoms with Gasteiger partial charge in [0.25, 0.3) is 0 Å². The second kappa shape index (κ2) is 3.17. The highest BCUT2D eigenvalue weighted by molar-refractivity contribution is 5.21. The fraction of sp³-hybridized carbons (Fsp3) is 1.00. The zero-order chi connectivity index (χ0) is 10.5. The molecule has 0 aromatic carbocycles. The summed E-state index contributed by atoms with van der Waals surface area (Å²) >= 11 is 0. The second-order valence-electron chi connectivity index (χ2n) is 4.89. The number of fused-ring (bicyclic) bond motifs is 1. The highest BCUT2D eigenvalue weighted by atomic mass is 16.5. The average Bonchev–Trinajstić information content (AvgIpc) is 2.66. The first-order chi connectivity index (χ1) is 6.48. The summed E-state index contributed by atoms with van der Waals surface area (Å²) in [5, 5.41) is 29.1. The van der Waals surface area contributed by atoms with Crippen molar-refractivity contribution in [3.63, 3.8) is 0 Å². The molecule has 1 aliphatic heterocycles. The third kappa shape index (κ3) is 1.29. The molecular weight excluding hydrogens is 184 g/mol. The minimum Gasteiger partial charge on any atom is -0.388 e. The first-order valence-corrected chi connectivity index (χ1v) is 5.18. The molecule has 0 bridgehead atoms. The van der Waals surface area contributed by atoms with Crippen LogP contribution in [0.15, 0.2) is 0 Å². The molecule has 1 aliphatic carbocycles. The van der Waals surface area contributed by atoms with Crippen LogP contribution < -0.4 is 0 Å². The summed E-state index contributed by atoms with van der Waals surface area (Å²) in [5.41, 5.74) is -1.19. The van der Waals surface area contributed by atoms with E-state index in [1.54, 1.807) is 0 Å². The van der Waals surface area contributed by atoms with Gasteiger partial charge >= 0.3 is 0 Å². The molecule has 0 aromatic rings. The summed E-state index contributed by atoms with van der Waals surface area (Å²) < 4.78 is 5.29. The minimum absolute atomic E-state index is 0.0188. The minimum atomic E-state index is -1.19. The summed E-state index contributed by atoms with van der Waals surface area (Å²) in [6.07, 6.45) is -1.45. The molecule has 0 amide bonds. The SMILES string of the molecule is CC(C)CC1C2OCC(O)C(O)[C@@]12O. The number of aliphatic hydroxyl groups is 3. The molecule has 1 heterocycles. The van der Waals surface area contributed by atoms with Crippen molar-refractivity contribution < 1.29 is 20.1 Å². The maximum Gasteiger partial charge on any atom is 0.125 e. The van der Waals surface area contributed by atoms with Gasteiger partial charge in [-0.3, -0.25) is 0 Å². The van der Waals surface area contributed by atoms with Gasteiger partial charge in [-0.05, 0) is 12.3 Å². The van der Waals surface area contributed by atoms with Crippen LogP contribution >= 0.6 is 0 Å². The van der Waals surface area contributed by atoms with Gasteiger partial charge in [-0.15, -0.1) is 0 Å². The largest absolute Gasteiger partial charge is 0.388 e. The highest BCUT2D eigenvalue weighted by Gasteiger charge is 2.72. The summed E-state index contributed by atoms with van der Waals surface area (Å²) in [4.78, 5) is 0. The van der Waals surface area contributed by atoms with E-state index in [-0.39, 0.29) is 18.6 Å². The van der Waals surface area contributed by atoms with Gasteiger partial charge in [-0.1, -0.05) is 13.8 Å². The lowest BCUT2D eigenvalue weighted by Crippen LogP contribution is -2.48. The molecule has 4 nitrogen and oxygen atoms in total. The van der Waals surface area contributed by atoms with Crippen LogP contribution in [0.3, 0.4) is 0 Å². The van der Waals surface area contributed by atoms with E-state index in [0.29, 0.717) is 5.92 Å². The maximum absolute atomic E-state index is 10.1. The topological polar surface area (TPSA) is 69.9 Å². The molecule has 2 fully saturated rings. The van der Waals surface area contributed by atoms with Crippen LogP contribution in [0, 0.1) is 11.8 Å². The van der Waals surface area contributed by atoms with Crippen molar-refractivity contribution in [2.24, 2.45) is 11.8 Å². The van der Waals surface area contributed by atoms with Crippen LogP contribution in [-0.2, 0) is 4.74 Å². The number of hydrogen-bond donors (Lipinski definition) is 3. The van der Waals surface area contributed by atoms with Crippen LogP contribution in [0.2, 0.25) is 0 Å². The van der Waals surface area contributed by atoms with Gasteiger partial charge in [0.2, 0.25) is 0 Å². The molecule has 0 aromatic heterocycles. The van der Waals surface area contributed by atoms with Crippen molar-refractivity contribution in [2.45, 2.75) is 44.2 Å². The molecule has 0 spiro atoms. The van der Waals surface area contributed by atoms with E-state index in [1.165, 1.54) is 0 Å². The van der Waals surface area contributed by atoms with Crippen molar-refractivity contribution in [3.05, 3.63) is 0 Å². The van der Waals surface area contributed by atoms with Crippen molar-refractivity contribution in [3.8, 4) is 0 Å². The van der Waals surface area contributed by atoms with E-state index >= 15 is 0 Å². The van der Waals surface area contributed by atoms with Crippen molar-refractivity contribution in [1.82, 2.24) is 0 Å². The lowest BCUT2D eigenvalue weighted by molar-refractivity contribution is -0.155. The quantitative estimate of drug-likeness (QED) is 0.565. The van der Waals surface area contributed by atoms with E-state index < -0.39 is 17.8 Å². The maximum atomic E-state index is 10.1. The molecule has 82 valence electrons. The fourth-order valence-electron chi connectivity index (χ4n) is 2.49. The molecule has 5 atom stereocenters. The van der Waals surface area contributed by atoms with Crippen LogP contribution in [0.4, 0.5) is 0 Å². The Labute approximate surface area is 83.5 Å². The normalized spacial score (nSPS) is 51.9. The number of ether oxygens (including phenoxy) is 1. The monoisotopic (exact) mass is 202 g/mol. The van der Waals surface area contributed by atoms with Gasteiger partial charge in [-0.25, -0.2) is 0 Å². The Kier molecular flexibility index (Phi) is 2.34. The Morgan fingerprint density at radius 1 is 1.43 bits per heavy atom. The number of rotatable bonds is 2. The van der Waals surface area contributed by atoms with Crippen molar-refractivity contribution >= 4 is 0 Å². The van der Waals surface area contributed by atoms with E-state index in [2.05, 4.69) is 13.8 Å². The lowest BCUT2D eigenvalue weighted by atomic mass is 9.99. The third-order valence-electron chi connectivity index (χ3n) is 3.32. The molecule has 2 aliphatic rings. The third-order valence-corrected chi connectivity index (χ3v) is 3.32. The van der Waals surface area contributed by atoms with E-state index in [4.69, 9.17) is 4.74 Å². The predicted molar refractivity (Wildman–Crippen MR) is 49.6 cm³/mol. The smallest absolute Gasteiger partial charge is 0.125 e. The summed E-state index contributed by atoms with van der Waals surface area (Å²) in [6, 6.07) is 0. The first-order valence-electron chi connectivity index (χ1n) is 5.18. The van der Waals surface area contributed by atoms with E-state index in [0.717, 1.165) is 6.42 Å². The van der Waals surface area contributed by atoms with Gasteiger partial charge in [0.15, 0.2) is 0 Å². The zero-order valence-corrected chi connectivity index (χ0v) is 8.55. The van der Waals surface area contributed by atoms with Crippen molar-refractivity contribution in [1.29, 1.82) is 0 Å². The van der Waals surface area contributed by atoms with Gasteiger partial charge in [0.05, 0.1) is 12.7 Å². The zero-order valence-electron chi connectivity index (χ0n) is 8.55. The molecule has 4 unspecified atom stereocenters. The van der Waals surface area contributed by atoms with Crippen LogP contribution in [0.5, 0.6) is 0 Å². The van der Waals surface area contributed by atoms with Gasteiger partial charge in [0.1, 0.15) is 17.8 Å². The summed E-state index contributed by atoms with van der Waals surface area (Å²) in [6.45, 7) is 4.26. The highest BCUT2D eigenvalue weighted by Crippen LogP contribution is 2.54. The molecule has 0 radical (unpaired) electrons. The van der Waals surface area contributed by atoms with Gasteiger partial charge in [0, 0.05) is 5.92 Å². The lowest BCUT2D eigenvalue weighted by Gasteiger charge is -2.28.